The summed E-state index contributed by atoms with van der Waals surface area (Å²) in [6.07, 6.45) is 0.263. The van der Waals surface area contributed by atoms with Crippen molar-refractivity contribution in [3.8, 4) is 0 Å². The fourth-order valence-electron chi connectivity index (χ4n) is 1.80. The van der Waals surface area contributed by atoms with Crippen molar-refractivity contribution in [3.05, 3.63) is 46.2 Å². The van der Waals surface area contributed by atoms with Gasteiger partial charge >= 0.3 is 5.97 Å². The highest BCUT2D eigenvalue weighted by atomic mass is 32.1. The second-order valence-electron chi connectivity index (χ2n) is 4.63. The van der Waals surface area contributed by atoms with Gasteiger partial charge in [-0.15, -0.1) is 11.3 Å². The third-order valence-corrected chi connectivity index (χ3v) is 4.02. The summed E-state index contributed by atoms with van der Waals surface area (Å²) in [7, 11) is 1.32. The molecule has 0 aliphatic rings. The molecule has 1 amide bonds. The number of esters is 1. The van der Waals surface area contributed by atoms with Crippen molar-refractivity contribution >= 4 is 28.3 Å². The molecule has 2 aromatic rings. The number of methoxy groups -OCH3 is 1. The van der Waals surface area contributed by atoms with Gasteiger partial charge in [-0.2, -0.15) is 0 Å². The number of benzene rings is 1. The Hall–Kier alpha value is -2.28. The summed E-state index contributed by atoms with van der Waals surface area (Å²) < 4.78 is 17.4. The highest BCUT2D eigenvalue weighted by Crippen LogP contribution is 2.23. The number of aryl methyl sites for hydroxylation is 1. The van der Waals surface area contributed by atoms with E-state index in [4.69, 9.17) is 0 Å². The normalized spacial score (nSPS) is 10.3. The Morgan fingerprint density at radius 1 is 1.27 bits per heavy atom. The molecule has 0 radical (unpaired) electrons. The fraction of sp³-hybridized carbons (Fsp3) is 0.267. The van der Waals surface area contributed by atoms with Crippen molar-refractivity contribution in [1.29, 1.82) is 0 Å². The first-order valence-corrected chi connectivity index (χ1v) is 7.37. The van der Waals surface area contributed by atoms with Crippen LogP contribution < -0.4 is 5.32 Å². The molecule has 7 heteroatoms. The topological polar surface area (TPSA) is 68.3 Å². The average Bonchev–Trinajstić information content (AvgIpc) is 2.80. The zero-order valence-corrected chi connectivity index (χ0v) is 13.0. The van der Waals surface area contributed by atoms with Gasteiger partial charge in [0.15, 0.2) is 5.13 Å². The molecule has 2 rings (SSSR count). The molecule has 0 saturated heterocycles. The van der Waals surface area contributed by atoms with Crippen molar-refractivity contribution in [2.24, 2.45) is 0 Å². The second kappa shape index (κ2) is 7.13. The van der Waals surface area contributed by atoms with E-state index >= 15 is 0 Å². The van der Waals surface area contributed by atoms with E-state index in [-0.39, 0.29) is 30.5 Å². The molecule has 0 saturated carbocycles. The molecule has 22 heavy (non-hydrogen) atoms. The van der Waals surface area contributed by atoms with Gasteiger partial charge in [0.1, 0.15) is 5.82 Å². The number of aromatic nitrogens is 1. The number of carbonyl (C=O) groups excluding carboxylic acids is 2. The summed E-state index contributed by atoms with van der Waals surface area (Å²) in [5, 5.41) is 3.11. The van der Waals surface area contributed by atoms with Crippen LogP contribution in [0.3, 0.4) is 0 Å². The van der Waals surface area contributed by atoms with Gasteiger partial charge in [0.2, 0.25) is 5.91 Å². The van der Waals surface area contributed by atoms with E-state index in [1.165, 1.54) is 30.6 Å². The molecule has 116 valence electrons. The summed E-state index contributed by atoms with van der Waals surface area (Å²) >= 11 is 1.24. The van der Waals surface area contributed by atoms with Crippen LogP contribution in [0.2, 0.25) is 0 Å². The predicted octanol–water partition coefficient (Wildman–Crippen LogP) is 2.49. The number of hydrogen-bond acceptors (Lipinski definition) is 5. The molecule has 0 bridgehead atoms. The first-order valence-electron chi connectivity index (χ1n) is 6.55. The standard InChI is InChI=1S/C15H15FN2O3S/c1-9-12(8-14(20)21-2)22-15(17-9)18-13(19)7-10-3-5-11(16)6-4-10/h3-6H,7-8H2,1-2H3,(H,17,18,19). The Balaban J connectivity index is 1.98. The lowest BCUT2D eigenvalue weighted by molar-refractivity contribution is -0.139. The molecular formula is C15H15FN2O3S. The van der Waals surface area contributed by atoms with Gasteiger partial charge in [0.05, 0.1) is 25.6 Å². The molecule has 0 aliphatic carbocycles. The van der Waals surface area contributed by atoms with Gasteiger partial charge in [-0.05, 0) is 24.6 Å². The molecule has 1 N–H and O–H groups in total. The molecule has 1 aromatic carbocycles. The Morgan fingerprint density at radius 2 is 1.95 bits per heavy atom. The predicted molar refractivity (Wildman–Crippen MR) is 81.3 cm³/mol. The SMILES string of the molecule is COC(=O)Cc1sc(NC(=O)Cc2ccc(F)cc2)nc1C. The van der Waals surface area contributed by atoms with Crippen molar-refractivity contribution in [3.63, 3.8) is 0 Å². The third kappa shape index (κ3) is 4.36. The number of anilines is 1. The van der Waals surface area contributed by atoms with E-state index < -0.39 is 0 Å². The maximum Gasteiger partial charge on any atom is 0.310 e. The zero-order valence-electron chi connectivity index (χ0n) is 12.2. The number of halogens is 1. The Morgan fingerprint density at radius 3 is 2.59 bits per heavy atom. The summed E-state index contributed by atoms with van der Waals surface area (Å²) in [5.74, 6) is -0.937. The van der Waals surface area contributed by atoms with Crippen LogP contribution in [0.25, 0.3) is 0 Å². The third-order valence-electron chi connectivity index (χ3n) is 2.95. The van der Waals surface area contributed by atoms with Crippen LogP contribution >= 0.6 is 11.3 Å². The summed E-state index contributed by atoms with van der Waals surface area (Å²) in [6, 6.07) is 5.74. The molecule has 1 heterocycles. The fourth-order valence-corrected chi connectivity index (χ4v) is 2.76. The first kappa shape index (κ1) is 16.1. The van der Waals surface area contributed by atoms with Crippen LogP contribution in [0, 0.1) is 12.7 Å². The number of nitrogens with zero attached hydrogens (tertiary/aromatic N) is 1. The second-order valence-corrected chi connectivity index (χ2v) is 5.72. The molecule has 0 unspecified atom stereocenters. The summed E-state index contributed by atoms with van der Waals surface area (Å²) in [4.78, 5) is 28.2. The molecule has 0 spiro atoms. The Labute approximate surface area is 131 Å². The zero-order chi connectivity index (χ0) is 16.1. The number of carbonyl (C=O) groups is 2. The molecule has 0 fully saturated rings. The quantitative estimate of drug-likeness (QED) is 0.859. The van der Waals surface area contributed by atoms with Gasteiger partial charge in [0.25, 0.3) is 0 Å². The van der Waals surface area contributed by atoms with E-state index in [2.05, 4.69) is 15.0 Å². The van der Waals surface area contributed by atoms with Crippen molar-refractivity contribution in [2.45, 2.75) is 19.8 Å². The van der Waals surface area contributed by atoms with E-state index in [1.54, 1.807) is 19.1 Å². The van der Waals surface area contributed by atoms with E-state index in [0.717, 1.165) is 4.88 Å². The van der Waals surface area contributed by atoms with Gasteiger partial charge in [-0.1, -0.05) is 12.1 Å². The minimum atomic E-state index is -0.351. The Kier molecular flexibility index (Phi) is 5.21. The monoisotopic (exact) mass is 322 g/mol. The number of amides is 1. The average molecular weight is 322 g/mol. The van der Waals surface area contributed by atoms with Crippen molar-refractivity contribution < 1.29 is 18.7 Å². The lowest BCUT2D eigenvalue weighted by atomic mass is 10.1. The summed E-state index contributed by atoms with van der Waals surface area (Å²) in [5.41, 5.74) is 1.40. The van der Waals surface area contributed by atoms with Gasteiger partial charge in [0, 0.05) is 4.88 Å². The van der Waals surface area contributed by atoms with Gasteiger partial charge in [-0.25, -0.2) is 9.37 Å². The van der Waals surface area contributed by atoms with Gasteiger partial charge < -0.3 is 10.1 Å². The molecule has 0 aliphatic heterocycles. The van der Waals surface area contributed by atoms with Crippen LogP contribution in [0.4, 0.5) is 9.52 Å². The lowest BCUT2D eigenvalue weighted by Crippen LogP contribution is -2.14. The largest absolute Gasteiger partial charge is 0.469 e. The van der Waals surface area contributed by atoms with Crippen LogP contribution in [0.1, 0.15) is 16.1 Å². The maximum absolute atomic E-state index is 12.8. The molecular weight excluding hydrogens is 307 g/mol. The minimum absolute atomic E-state index is 0.130. The van der Waals surface area contributed by atoms with E-state index in [0.29, 0.717) is 16.4 Å². The molecule has 0 atom stereocenters. The van der Waals surface area contributed by atoms with E-state index in [1.807, 2.05) is 0 Å². The first-order chi connectivity index (χ1) is 10.5. The lowest BCUT2D eigenvalue weighted by Gasteiger charge is -2.01. The summed E-state index contributed by atoms with van der Waals surface area (Å²) in [6.45, 7) is 1.77. The number of thiazole rings is 1. The van der Waals surface area contributed by atoms with Crippen molar-refractivity contribution in [2.75, 3.05) is 12.4 Å². The number of ether oxygens (including phenoxy) is 1. The Bertz CT molecular complexity index is 683. The number of hydrogen-bond donors (Lipinski definition) is 1. The van der Waals surface area contributed by atoms with Crippen LogP contribution in [0.15, 0.2) is 24.3 Å². The smallest absolute Gasteiger partial charge is 0.310 e. The van der Waals surface area contributed by atoms with Crippen LogP contribution in [-0.2, 0) is 27.2 Å². The molecule has 5 nitrogen and oxygen atoms in total. The minimum Gasteiger partial charge on any atom is -0.469 e. The molecule has 1 aromatic heterocycles. The van der Waals surface area contributed by atoms with Gasteiger partial charge in [-0.3, -0.25) is 9.59 Å². The highest BCUT2D eigenvalue weighted by molar-refractivity contribution is 7.16. The van der Waals surface area contributed by atoms with E-state index in [9.17, 15) is 14.0 Å². The highest BCUT2D eigenvalue weighted by Gasteiger charge is 2.14. The van der Waals surface area contributed by atoms with Crippen molar-refractivity contribution in [1.82, 2.24) is 4.98 Å². The number of nitrogens with one attached hydrogen (secondary N) is 1. The maximum atomic E-state index is 12.8. The number of rotatable bonds is 5. The van der Waals surface area contributed by atoms with Crippen LogP contribution in [0.5, 0.6) is 0 Å². The van der Waals surface area contributed by atoms with Crippen LogP contribution in [-0.4, -0.2) is 24.0 Å².